The lowest BCUT2D eigenvalue weighted by atomic mass is 9.64. The maximum Gasteiger partial charge on any atom is 0.208 e. The molecule has 10 aromatic carbocycles. The van der Waals surface area contributed by atoms with Gasteiger partial charge in [-0.2, -0.15) is 0 Å². The second-order valence-corrected chi connectivity index (χ2v) is 15.5. The number of phenolic OH excluding ortho intramolecular Hbond substituents is 5. The van der Waals surface area contributed by atoms with Crippen LogP contribution in [-0.2, 0) is 5.41 Å². The topological polar surface area (TPSA) is 113 Å². The van der Waals surface area contributed by atoms with Gasteiger partial charge in [0.2, 0.25) is 17.2 Å². The third kappa shape index (κ3) is 4.14. The van der Waals surface area contributed by atoms with Crippen LogP contribution in [0.2, 0.25) is 0 Å². The summed E-state index contributed by atoms with van der Waals surface area (Å²) in [5.41, 5.74) is 10.7. The number of anilines is 2. The Hall–Kier alpha value is -7.96. The first kappa shape index (κ1) is 33.2. The number of nitrogens with one attached hydrogen (secondary N) is 1. The smallest absolute Gasteiger partial charge is 0.208 e. The molecular formula is C53H33NO5. The van der Waals surface area contributed by atoms with Crippen molar-refractivity contribution in [1.29, 1.82) is 0 Å². The molecule has 1 heterocycles. The SMILES string of the molecule is Oc1c(O)c(O)c(-c2c3ccccc3c(-c3cc4c(c5ccccc35)-c3c(ccc5ccccc35)C43c4ccccc4Nc4ccccc43)c3ccccc23)c(O)c1O. The van der Waals surface area contributed by atoms with Crippen molar-refractivity contribution in [2.24, 2.45) is 0 Å². The molecule has 0 saturated heterocycles. The zero-order valence-corrected chi connectivity index (χ0v) is 31.3. The highest BCUT2D eigenvalue weighted by molar-refractivity contribution is 6.26. The molecule has 1 aliphatic carbocycles. The van der Waals surface area contributed by atoms with E-state index >= 15 is 0 Å². The molecular weight excluding hydrogens is 731 g/mol. The van der Waals surface area contributed by atoms with Crippen LogP contribution in [0.25, 0.3) is 76.5 Å². The van der Waals surface area contributed by atoms with E-state index < -0.39 is 34.2 Å². The monoisotopic (exact) mass is 763 g/mol. The van der Waals surface area contributed by atoms with Crippen LogP contribution in [0.15, 0.2) is 164 Å². The van der Waals surface area contributed by atoms with E-state index in [1.165, 1.54) is 33.0 Å². The molecule has 280 valence electrons. The molecule has 0 fully saturated rings. The van der Waals surface area contributed by atoms with Crippen LogP contribution < -0.4 is 5.32 Å². The Kier molecular flexibility index (Phi) is 6.63. The summed E-state index contributed by atoms with van der Waals surface area (Å²) in [6, 6.07) is 57.1. The summed E-state index contributed by atoms with van der Waals surface area (Å²) < 4.78 is 0. The van der Waals surface area contributed by atoms with Gasteiger partial charge in [-0.05, 0) is 106 Å². The Morgan fingerprint density at radius 3 is 1.31 bits per heavy atom. The molecule has 1 aliphatic heterocycles. The summed E-state index contributed by atoms with van der Waals surface area (Å²) in [5.74, 6) is -4.31. The van der Waals surface area contributed by atoms with Gasteiger partial charge in [0.25, 0.3) is 0 Å². The first-order valence-corrected chi connectivity index (χ1v) is 19.6. The molecule has 0 atom stereocenters. The largest absolute Gasteiger partial charge is 0.504 e. The average molecular weight is 764 g/mol. The fourth-order valence-corrected chi connectivity index (χ4v) is 10.5. The van der Waals surface area contributed by atoms with Gasteiger partial charge in [0, 0.05) is 16.9 Å². The quantitative estimate of drug-likeness (QED) is 0.0594. The van der Waals surface area contributed by atoms with E-state index in [0.717, 1.165) is 55.2 Å². The third-order valence-corrected chi connectivity index (χ3v) is 12.8. The van der Waals surface area contributed by atoms with Crippen LogP contribution in [0.5, 0.6) is 28.7 Å². The van der Waals surface area contributed by atoms with E-state index in [4.69, 9.17) is 0 Å². The van der Waals surface area contributed by atoms with Crippen LogP contribution >= 0.6 is 0 Å². The summed E-state index contributed by atoms with van der Waals surface area (Å²) in [7, 11) is 0. The van der Waals surface area contributed by atoms with Gasteiger partial charge < -0.3 is 30.8 Å². The van der Waals surface area contributed by atoms with Crippen molar-refractivity contribution in [3.8, 4) is 62.1 Å². The maximum atomic E-state index is 11.4. The minimum atomic E-state index is -0.998. The minimum Gasteiger partial charge on any atom is -0.504 e. The highest BCUT2D eigenvalue weighted by Crippen LogP contribution is 2.65. The number of aromatic hydroxyl groups is 5. The molecule has 6 nitrogen and oxygen atoms in total. The van der Waals surface area contributed by atoms with Crippen molar-refractivity contribution < 1.29 is 25.5 Å². The van der Waals surface area contributed by atoms with Crippen LogP contribution in [-0.4, -0.2) is 25.5 Å². The predicted molar refractivity (Wildman–Crippen MR) is 236 cm³/mol. The van der Waals surface area contributed by atoms with Gasteiger partial charge in [-0.25, -0.2) is 0 Å². The summed E-state index contributed by atoms with van der Waals surface area (Å²) >= 11 is 0. The van der Waals surface area contributed by atoms with Gasteiger partial charge in [0.15, 0.2) is 11.5 Å². The minimum absolute atomic E-state index is 0.181. The normalized spacial score (nSPS) is 13.4. The Bertz CT molecular complexity index is 3370. The van der Waals surface area contributed by atoms with E-state index in [1.807, 2.05) is 48.5 Å². The van der Waals surface area contributed by atoms with Gasteiger partial charge in [0.1, 0.15) is 0 Å². The molecule has 0 amide bonds. The molecule has 6 heteroatoms. The standard InChI is InChI=1S/C53H33NO5/c55-48-47(49(56)51(58)52(59)50(48)57)44-34-19-7-5-17-32(34)43(33-18-6-8-20-35(33)44)36-27-40-46(31-16-4-3-15-30(31)36)45-29-14-2-1-13-28(29)25-26-39(45)53(40)37-21-9-11-23-41(37)54-42-24-12-10-22-38(42)53/h1-27,54-59H. The highest BCUT2D eigenvalue weighted by Gasteiger charge is 2.51. The Morgan fingerprint density at radius 1 is 0.305 bits per heavy atom. The van der Waals surface area contributed by atoms with Gasteiger partial charge in [-0.3, -0.25) is 0 Å². The van der Waals surface area contributed by atoms with E-state index in [-0.39, 0.29) is 5.56 Å². The van der Waals surface area contributed by atoms with Gasteiger partial charge >= 0.3 is 0 Å². The molecule has 6 N–H and O–H groups in total. The zero-order valence-electron chi connectivity index (χ0n) is 31.3. The van der Waals surface area contributed by atoms with Crippen LogP contribution in [0, 0.1) is 0 Å². The fraction of sp³-hybridized carbons (Fsp3) is 0.0189. The predicted octanol–water partition coefficient (Wildman–Crippen LogP) is 12.6. The molecule has 0 radical (unpaired) electrons. The molecule has 10 aromatic rings. The molecule has 0 unspecified atom stereocenters. The fourth-order valence-electron chi connectivity index (χ4n) is 10.5. The summed E-state index contributed by atoms with van der Waals surface area (Å²) in [6.07, 6.45) is 0. The Morgan fingerprint density at radius 2 is 0.729 bits per heavy atom. The van der Waals surface area contributed by atoms with E-state index in [9.17, 15) is 25.5 Å². The number of hydrogen-bond acceptors (Lipinski definition) is 6. The number of rotatable bonds is 2. The van der Waals surface area contributed by atoms with E-state index in [0.29, 0.717) is 16.3 Å². The third-order valence-electron chi connectivity index (χ3n) is 12.8. The number of fused-ring (bicyclic) bond motifs is 15. The lowest BCUT2D eigenvalue weighted by molar-refractivity contribution is 0.330. The van der Waals surface area contributed by atoms with E-state index in [1.54, 1.807) is 0 Å². The van der Waals surface area contributed by atoms with Crippen molar-refractivity contribution in [2.45, 2.75) is 5.41 Å². The van der Waals surface area contributed by atoms with Crippen LogP contribution in [0.1, 0.15) is 22.3 Å². The lowest BCUT2D eigenvalue weighted by Gasteiger charge is -2.40. The van der Waals surface area contributed by atoms with Gasteiger partial charge in [0.05, 0.1) is 11.0 Å². The number of benzene rings is 10. The van der Waals surface area contributed by atoms with Crippen molar-refractivity contribution in [1.82, 2.24) is 0 Å². The second-order valence-electron chi connectivity index (χ2n) is 15.5. The molecule has 0 saturated carbocycles. The summed E-state index contributed by atoms with van der Waals surface area (Å²) in [5, 5.41) is 65.9. The first-order chi connectivity index (χ1) is 28.9. The summed E-state index contributed by atoms with van der Waals surface area (Å²) in [6.45, 7) is 0. The van der Waals surface area contributed by atoms with Crippen molar-refractivity contribution in [3.63, 3.8) is 0 Å². The molecule has 1 spiro atoms. The Balaban J connectivity index is 1.30. The Labute approximate surface area is 337 Å². The lowest BCUT2D eigenvalue weighted by Crippen LogP contribution is -2.33. The number of para-hydroxylation sites is 2. The molecule has 12 rings (SSSR count). The highest BCUT2D eigenvalue weighted by atomic mass is 16.4. The molecule has 0 bridgehead atoms. The number of hydrogen-bond donors (Lipinski definition) is 6. The van der Waals surface area contributed by atoms with E-state index in [2.05, 4.69) is 121 Å². The van der Waals surface area contributed by atoms with Gasteiger partial charge in [-0.15, -0.1) is 0 Å². The molecule has 59 heavy (non-hydrogen) atoms. The summed E-state index contributed by atoms with van der Waals surface area (Å²) in [4.78, 5) is 0. The second kappa shape index (κ2) is 11.8. The average Bonchev–Trinajstić information content (AvgIpc) is 3.58. The molecule has 2 aliphatic rings. The first-order valence-electron chi connectivity index (χ1n) is 19.6. The van der Waals surface area contributed by atoms with Crippen molar-refractivity contribution in [3.05, 3.63) is 186 Å². The van der Waals surface area contributed by atoms with Gasteiger partial charge in [-0.1, -0.05) is 146 Å². The number of phenols is 5. The van der Waals surface area contributed by atoms with Crippen LogP contribution in [0.3, 0.4) is 0 Å². The van der Waals surface area contributed by atoms with Crippen molar-refractivity contribution in [2.75, 3.05) is 5.32 Å². The maximum absolute atomic E-state index is 11.4. The molecule has 0 aromatic heterocycles. The van der Waals surface area contributed by atoms with Crippen molar-refractivity contribution >= 4 is 54.5 Å². The zero-order chi connectivity index (χ0) is 39.7. The van der Waals surface area contributed by atoms with Crippen LogP contribution in [0.4, 0.5) is 11.4 Å².